The number of rotatable bonds is 4. The van der Waals surface area contributed by atoms with Crippen molar-refractivity contribution in [2.45, 2.75) is 33.2 Å². The van der Waals surface area contributed by atoms with Crippen molar-refractivity contribution >= 4 is 11.7 Å². The molecule has 0 unspecified atom stereocenters. The zero-order valence-corrected chi connectivity index (χ0v) is 12.8. The first-order valence-electron chi connectivity index (χ1n) is 7.30. The normalized spacial score (nSPS) is 11.8. The summed E-state index contributed by atoms with van der Waals surface area (Å²) in [5, 5.41) is 5.88. The van der Waals surface area contributed by atoms with Crippen LogP contribution in [-0.2, 0) is 0 Å². The minimum atomic E-state index is -0.175. The predicted molar refractivity (Wildman–Crippen MR) is 87.5 cm³/mol. The maximum Gasteiger partial charge on any atom is 0.319 e. The molecule has 0 saturated carbocycles. The lowest BCUT2D eigenvalue weighted by atomic mass is 9.99. The molecule has 3 heteroatoms. The van der Waals surface area contributed by atoms with Gasteiger partial charge >= 0.3 is 6.03 Å². The Bertz CT molecular complexity index is 608. The SMILES string of the molecule is CC[C@@H](NC(=O)Nc1ccccc1)c1ccc(C)c(C)c1. The predicted octanol–water partition coefficient (Wildman–Crippen LogP) is 4.58. The summed E-state index contributed by atoms with van der Waals surface area (Å²) in [7, 11) is 0. The minimum absolute atomic E-state index is 0.0213. The molecular formula is C18H22N2O. The van der Waals surface area contributed by atoms with Gasteiger partial charge in [0.2, 0.25) is 0 Å². The maximum atomic E-state index is 12.1. The van der Waals surface area contributed by atoms with Crippen molar-refractivity contribution in [2.24, 2.45) is 0 Å². The van der Waals surface area contributed by atoms with E-state index in [0.717, 1.165) is 17.7 Å². The number of carbonyl (C=O) groups is 1. The molecule has 2 rings (SSSR count). The standard InChI is InChI=1S/C18H22N2O/c1-4-17(15-11-10-13(2)14(3)12-15)20-18(21)19-16-8-6-5-7-9-16/h5-12,17H,4H2,1-3H3,(H2,19,20,21)/t17-/m1/s1. The van der Waals surface area contributed by atoms with Gasteiger partial charge in [-0.15, -0.1) is 0 Å². The lowest BCUT2D eigenvalue weighted by molar-refractivity contribution is 0.248. The van der Waals surface area contributed by atoms with Gasteiger partial charge in [0, 0.05) is 5.69 Å². The molecule has 0 aliphatic carbocycles. The van der Waals surface area contributed by atoms with E-state index in [1.807, 2.05) is 30.3 Å². The maximum absolute atomic E-state index is 12.1. The van der Waals surface area contributed by atoms with E-state index in [0.29, 0.717) is 0 Å². The van der Waals surface area contributed by atoms with E-state index in [9.17, 15) is 4.79 Å². The van der Waals surface area contributed by atoms with Crippen LogP contribution in [0.3, 0.4) is 0 Å². The van der Waals surface area contributed by atoms with Gasteiger partial charge < -0.3 is 10.6 Å². The average Bonchev–Trinajstić information content (AvgIpc) is 2.49. The number of anilines is 1. The van der Waals surface area contributed by atoms with Crippen molar-refractivity contribution < 1.29 is 4.79 Å². The fourth-order valence-corrected chi connectivity index (χ4v) is 2.25. The second-order valence-corrected chi connectivity index (χ2v) is 5.27. The Morgan fingerprint density at radius 2 is 1.76 bits per heavy atom. The van der Waals surface area contributed by atoms with Crippen LogP contribution < -0.4 is 10.6 Å². The molecule has 0 aromatic heterocycles. The molecular weight excluding hydrogens is 260 g/mol. The van der Waals surface area contributed by atoms with E-state index in [4.69, 9.17) is 0 Å². The number of hydrogen-bond acceptors (Lipinski definition) is 1. The number of aryl methyl sites for hydroxylation is 2. The highest BCUT2D eigenvalue weighted by atomic mass is 16.2. The van der Waals surface area contributed by atoms with E-state index < -0.39 is 0 Å². The molecule has 0 bridgehead atoms. The Labute approximate surface area is 126 Å². The second kappa shape index (κ2) is 6.93. The van der Waals surface area contributed by atoms with Gasteiger partial charge in [0.15, 0.2) is 0 Å². The summed E-state index contributed by atoms with van der Waals surface area (Å²) >= 11 is 0. The monoisotopic (exact) mass is 282 g/mol. The number of para-hydroxylation sites is 1. The fraction of sp³-hybridized carbons (Fsp3) is 0.278. The highest BCUT2D eigenvalue weighted by Gasteiger charge is 2.13. The molecule has 110 valence electrons. The van der Waals surface area contributed by atoms with Crippen LogP contribution in [-0.4, -0.2) is 6.03 Å². The molecule has 2 amide bonds. The lowest BCUT2D eigenvalue weighted by Gasteiger charge is -2.19. The summed E-state index contributed by atoms with van der Waals surface area (Å²) < 4.78 is 0. The van der Waals surface area contributed by atoms with Gasteiger partial charge in [-0.25, -0.2) is 4.79 Å². The molecule has 1 atom stereocenters. The second-order valence-electron chi connectivity index (χ2n) is 5.27. The van der Waals surface area contributed by atoms with Crippen molar-refractivity contribution in [1.82, 2.24) is 5.32 Å². The first-order valence-corrected chi connectivity index (χ1v) is 7.30. The van der Waals surface area contributed by atoms with E-state index >= 15 is 0 Å². The Morgan fingerprint density at radius 3 is 2.38 bits per heavy atom. The topological polar surface area (TPSA) is 41.1 Å². The largest absolute Gasteiger partial charge is 0.331 e. The smallest absolute Gasteiger partial charge is 0.319 e. The van der Waals surface area contributed by atoms with Crippen LogP contribution >= 0.6 is 0 Å². The molecule has 0 aliphatic rings. The van der Waals surface area contributed by atoms with Crippen LogP contribution in [0, 0.1) is 13.8 Å². The van der Waals surface area contributed by atoms with Gasteiger partial charge in [0.25, 0.3) is 0 Å². The van der Waals surface area contributed by atoms with Crippen molar-refractivity contribution in [3.8, 4) is 0 Å². The molecule has 3 nitrogen and oxygen atoms in total. The van der Waals surface area contributed by atoms with E-state index in [1.165, 1.54) is 11.1 Å². The molecule has 2 N–H and O–H groups in total. The fourth-order valence-electron chi connectivity index (χ4n) is 2.25. The van der Waals surface area contributed by atoms with E-state index in [-0.39, 0.29) is 12.1 Å². The summed E-state index contributed by atoms with van der Waals surface area (Å²) in [6, 6.07) is 15.6. The van der Waals surface area contributed by atoms with Gasteiger partial charge in [-0.2, -0.15) is 0 Å². The third-order valence-corrected chi connectivity index (χ3v) is 3.68. The van der Waals surface area contributed by atoms with Crippen LogP contribution in [0.1, 0.15) is 36.1 Å². The summed E-state index contributed by atoms with van der Waals surface area (Å²) in [5.74, 6) is 0. The third kappa shape index (κ3) is 4.09. The molecule has 0 heterocycles. The van der Waals surface area contributed by atoms with Crippen molar-refractivity contribution in [2.75, 3.05) is 5.32 Å². The zero-order chi connectivity index (χ0) is 15.2. The number of hydrogen-bond donors (Lipinski definition) is 2. The average molecular weight is 282 g/mol. The highest BCUT2D eigenvalue weighted by Crippen LogP contribution is 2.20. The van der Waals surface area contributed by atoms with Crippen LogP contribution in [0.15, 0.2) is 48.5 Å². The highest BCUT2D eigenvalue weighted by molar-refractivity contribution is 5.89. The van der Waals surface area contributed by atoms with Crippen molar-refractivity contribution in [1.29, 1.82) is 0 Å². The molecule has 0 saturated heterocycles. The molecule has 0 spiro atoms. The lowest BCUT2D eigenvalue weighted by Crippen LogP contribution is -2.32. The quantitative estimate of drug-likeness (QED) is 0.847. The Hall–Kier alpha value is -2.29. The minimum Gasteiger partial charge on any atom is -0.331 e. The van der Waals surface area contributed by atoms with Gasteiger partial charge in [0.1, 0.15) is 0 Å². The van der Waals surface area contributed by atoms with Gasteiger partial charge in [0.05, 0.1) is 6.04 Å². The molecule has 2 aromatic rings. The zero-order valence-electron chi connectivity index (χ0n) is 12.8. The number of urea groups is 1. The first kappa shape index (κ1) is 15.1. The summed E-state index contributed by atoms with van der Waals surface area (Å²) in [4.78, 5) is 12.1. The number of benzene rings is 2. The Balaban J connectivity index is 2.04. The molecule has 0 fully saturated rings. The van der Waals surface area contributed by atoms with Crippen LogP contribution in [0.4, 0.5) is 10.5 Å². The third-order valence-electron chi connectivity index (χ3n) is 3.68. The molecule has 0 radical (unpaired) electrons. The molecule has 0 aliphatic heterocycles. The summed E-state index contributed by atoms with van der Waals surface area (Å²) in [6.45, 7) is 6.26. The first-order chi connectivity index (χ1) is 10.1. The van der Waals surface area contributed by atoms with E-state index in [2.05, 4.69) is 49.6 Å². The van der Waals surface area contributed by atoms with Gasteiger partial charge in [-0.3, -0.25) is 0 Å². The van der Waals surface area contributed by atoms with Gasteiger partial charge in [-0.05, 0) is 49.1 Å². The number of amides is 2. The number of carbonyl (C=O) groups excluding carboxylic acids is 1. The Morgan fingerprint density at radius 1 is 1.05 bits per heavy atom. The van der Waals surface area contributed by atoms with Crippen LogP contribution in [0.2, 0.25) is 0 Å². The molecule has 2 aromatic carbocycles. The summed E-state index contributed by atoms with van der Waals surface area (Å²) in [5.41, 5.74) is 4.45. The molecule has 21 heavy (non-hydrogen) atoms. The van der Waals surface area contributed by atoms with E-state index in [1.54, 1.807) is 0 Å². The number of nitrogens with one attached hydrogen (secondary N) is 2. The van der Waals surface area contributed by atoms with Gasteiger partial charge in [-0.1, -0.05) is 43.3 Å². The summed E-state index contributed by atoms with van der Waals surface area (Å²) in [6.07, 6.45) is 0.852. The Kier molecular flexibility index (Phi) is 4.99. The van der Waals surface area contributed by atoms with Crippen molar-refractivity contribution in [3.63, 3.8) is 0 Å². The van der Waals surface area contributed by atoms with Crippen molar-refractivity contribution in [3.05, 3.63) is 65.2 Å². The van der Waals surface area contributed by atoms with Crippen LogP contribution in [0.5, 0.6) is 0 Å². The van der Waals surface area contributed by atoms with Crippen LogP contribution in [0.25, 0.3) is 0 Å².